The van der Waals surface area contributed by atoms with Gasteiger partial charge in [-0.25, -0.2) is 0 Å². The van der Waals surface area contributed by atoms with Crippen molar-refractivity contribution in [3.63, 3.8) is 0 Å². The van der Waals surface area contributed by atoms with Crippen LogP contribution in [0.25, 0.3) is 0 Å². The molecule has 102 valence electrons. The number of piperidine rings is 1. The number of hydrogen-bond acceptors (Lipinski definition) is 5. The minimum atomic E-state index is 0.163. The van der Waals surface area contributed by atoms with Crippen molar-refractivity contribution in [1.82, 2.24) is 10.2 Å². The highest BCUT2D eigenvalue weighted by molar-refractivity contribution is 5.79. The SMILES string of the molecule is C1CCN(CC2CON=C(C3CCNC3)O2)CC1. The molecule has 2 fully saturated rings. The van der Waals surface area contributed by atoms with Gasteiger partial charge in [-0.1, -0.05) is 11.6 Å². The standard InChI is InChI=1S/C13H23N3O2/c1-2-6-16(7-3-1)9-12-10-17-15-13(18-12)11-4-5-14-8-11/h11-12,14H,1-10H2. The first kappa shape index (κ1) is 12.2. The maximum Gasteiger partial charge on any atom is 0.230 e. The van der Waals surface area contributed by atoms with E-state index in [-0.39, 0.29) is 6.10 Å². The van der Waals surface area contributed by atoms with Gasteiger partial charge in [0, 0.05) is 13.1 Å². The van der Waals surface area contributed by atoms with E-state index < -0.39 is 0 Å². The summed E-state index contributed by atoms with van der Waals surface area (Å²) in [5.74, 6) is 1.22. The molecule has 3 rings (SSSR count). The third-order valence-electron chi connectivity index (χ3n) is 4.02. The van der Waals surface area contributed by atoms with Crippen molar-refractivity contribution in [3.8, 4) is 0 Å². The normalized spacial score (nSPS) is 33.7. The van der Waals surface area contributed by atoms with Gasteiger partial charge in [-0.05, 0) is 38.9 Å². The number of nitrogens with one attached hydrogen (secondary N) is 1. The lowest BCUT2D eigenvalue weighted by atomic mass is 10.1. The molecule has 0 radical (unpaired) electrons. The van der Waals surface area contributed by atoms with Crippen molar-refractivity contribution < 1.29 is 9.57 Å². The second kappa shape index (κ2) is 5.89. The zero-order valence-electron chi connectivity index (χ0n) is 10.9. The van der Waals surface area contributed by atoms with Crippen molar-refractivity contribution in [2.24, 2.45) is 11.1 Å². The van der Waals surface area contributed by atoms with Crippen LogP contribution in [-0.4, -0.2) is 56.2 Å². The van der Waals surface area contributed by atoms with E-state index in [2.05, 4.69) is 15.4 Å². The van der Waals surface area contributed by atoms with E-state index >= 15 is 0 Å². The van der Waals surface area contributed by atoms with E-state index in [1.54, 1.807) is 0 Å². The number of ether oxygens (including phenoxy) is 1. The molecule has 0 aromatic carbocycles. The Hall–Kier alpha value is -0.810. The first-order valence-electron chi connectivity index (χ1n) is 7.21. The molecule has 2 unspecified atom stereocenters. The van der Waals surface area contributed by atoms with E-state index in [1.807, 2.05) is 0 Å². The number of nitrogens with zero attached hydrogens (tertiary/aromatic N) is 2. The van der Waals surface area contributed by atoms with Gasteiger partial charge in [-0.15, -0.1) is 0 Å². The van der Waals surface area contributed by atoms with Gasteiger partial charge in [0.2, 0.25) is 5.90 Å². The second-order valence-electron chi connectivity index (χ2n) is 5.52. The number of rotatable bonds is 3. The van der Waals surface area contributed by atoms with Crippen LogP contribution in [0.2, 0.25) is 0 Å². The van der Waals surface area contributed by atoms with Gasteiger partial charge < -0.3 is 14.9 Å². The van der Waals surface area contributed by atoms with Crippen LogP contribution in [0.5, 0.6) is 0 Å². The van der Waals surface area contributed by atoms with E-state index in [4.69, 9.17) is 9.57 Å². The van der Waals surface area contributed by atoms with Gasteiger partial charge in [-0.2, -0.15) is 0 Å². The summed E-state index contributed by atoms with van der Waals surface area (Å²) in [6.07, 6.45) is 5.29. The summed E-state index contributed by atoms with van der Waals surface area (Å²) in [5, 5.41) is 7.43. The smallest absolute Gasteiger partial charge is 0.230 e. The van der Waals surface area contributed by atoms with Crippen LogP contribution in [0.4, 0.5) is 0 Å². The van der Waals surface area contributed by atoms with Crippen molar-refractivity contribution in [3.05, 3.63) is 0 Å². The molecule has 0 saturated carbocycles. The van der Waals surface area contributed by atoms with Gasteiger partial charge in [0.1, 0.15) is 6.10 Å². The molecule has 0 aromatic rings. The molecule has 5 nitrogen and oxygen atoms in total. The van der Waals surface area contributed by atoms with Gasteiger partial charge in [0.05, 0.1) is 5.92 Å². The maximum atomic E-state index is 6.02. The van der Waals surface area contributed by atoms with Gasteiger partial charge in [-0.3, -0.25) is 4.90 Å². The monoisotopic (exact) mass is 253 g/mol. The van der Waals surface area contributed by atoms with Crippen molar-refractivity contribution in [1.29, 1.82) is 0 Å². The Labute approximate surface area is 108 Å². The molecule has 5 heteroatoms. The molecule has 18 heavy (non-hydrogen) atoms. The summed E-state index contributed by atoms with van der Waals surface area (Å²) >= 11 is 0. The number of hydrogen-bond donors (Lipinski definition) is 1. The Morgan fingerprint density at radius 2 is 2.17 bits per heavy atom. The van der Waals surface area contributed by atoms with Gasteiger partial charge in [0.25, 0.3) is 0 Å². The molecule has 0 bridgehead atoms. The fourth-order valence-corrected chi connectivity index (χ4v) is 2.97. The summed E-state index contributed by atoms with van der Waals surface area (Å²) in [4.78, 5) is 7.85. The number of oxime groups is 1. The van der Waals surface area contributed by atoms with Crippen LogP contribution in [0.1, 0.15) is 25.7 Å². The highest BCUT2D eigenvalue weighted by atomic mass is 16.7. The topological polar surface area (TPSA) is 46.1 Å². The summed E-state index contributed by atoms with van der Waals surface area (Å²) in [7, 11) is 0. The van der Waals surface area contributed by atoms with E-state index in [9.17, 15) is 0 Å². The zero-order chi connectivity index (χ0) is 12.2. The molecular formula is C13H23N3O2. The summed E-state index contributed by atoms with van der Waals surface area (Å²) in [6, 6.07) is 0. The molecule has 3 heterocycles. The van der Waals surface area contributed by atoms with E-state index in [0.717, 1.165) is 32.0 Å². The zero-order valence-corrected chi connectivity index (χ0v) is 10.9. The first-order valence-corrected chi connectivity index (χ1v) is 7.21. The Morgan fingerprint density at radius 3 is 2.94 bits per heavy atom. The van der Waals surface area contributed by atoms with Crippen molar-refractivity contribution in [2.45, 2.75) is 31.8 Å². The fourth-order valence-electron chi connectivity index (χ4n) is 2.97. The Bertz CT molecular complexity index is 297. The average molecular weight is 253 g/mol. The van der Waals surface area contributed by atoms with E-state index in [1.165, 1.54) is 32.4 Å². The number of likely N-dealkylation sites (tertiary alicyclic amines) is 1. The highest BCUT2D eigenvalue weighted by Gasteiger charge is 2.29. The molecule has 0 aromatic heterocycles. The fraction of sp³-hybridized carbons (Fsp3) is 0.923. The summed E-state index contributed by atoms with van der Waals surface area (Å²) in [6.45, 7) is 6.02. The predicted molar refractivity (Wildman–Crippen MR) is 69.5 cm³/mol. The van der Waals surface area contributed by atoms with Gasteiger partial charge >= 0.3 is 0 Å². The lowest BCUT2D eigenvalue weighted by Crippen LogP contribution is -2.43. The maximum absolute atomic E-state index is 6.02. The van der Waals surface area contributed by atoms with Crippen LogP contribution >= 0.6 is 0 Å². The molecule has 2 atom stereocenters. The van der Waals surface area contributed by atoms with Gasteiger partial charge in [0.15, 0.2) is 6.61 Å². The van der Waals surface area contributed by atoms with Crippen molar-refractivity contribution >= 4 is 5.90 Å². The van der Waals surface area contributed by atoms with Crippen LogP contribution in [-0.2, 0) is 9.57 Å². The molecular weight excluding hydrogens is 230 g/mol. The van der Waals surface area contributed by atoms with Crippen LogP contribution in [0, 0.1) is 5.92 Å². The third-order valence-corrected chi connectivity index (χ3v) is 4.02. The van der Waals surface area contributed by atoms with Crippen LogP contribution < -0.4 is 5.32 Å². The quantitative estimate of drug-likeness (QED) is 0.808. The first-order chi connectivity index (χ1) is 8.92. The van der Waals surface area contributed by atoms with E-state index in [0.29, 0.717) is 12.5 Å². The second-order valence-corrected chi connectivity index (χ2v) is 5.52. The molecule has 3 aliphatic heterocycles. The lowest BCUT2D eigenvalue weighted by molar-refractivity contribution is -0.0147. The van der Waals surface area contributed by atoms with Crippen LogP contribution in [0.3, 0.4) is 0 Å². The third kappa shape index (κ3) is 2.95. The lowest BCUT2D eigenvalue weighted by Gasteiger charge is -2.32. The molecule has 0 spiro atoms. The largest absolute Gasteiger partial charge is 0.470 e. The summed E-state index contributed by atoms with van der Waals surface area (Å²) < 4.78 is 6.02. The Balaban J connectivity index is 1.50. The summed E-state index contributed by atoms with van der Waals surface area (Å²) in [5.41, 5.74) is 0. The molecule has 2 saturated heterocycles. The van der Waals surface area contributed by atoms with Crippen molar-refractivity contribution in [2.75, 3.05) is 39.3 Å². The minimum absolute atomic E-state index is 0.163. The Kier molecular flexibility index (Phi) is 4.00. The molecule has 0 amide bonds. The average Bonchev–Trinajstić information content (AvgIpc) is 2.94. The Morgan fingerprint density at radius 1 is 1.28 bits per heavy atom. The van der Waals surface area contributed by atoms with Crippen LogP contribution in [0.15, 0.2) is 5.16 Å². The molecule has 0 aliphatic carbocycles. The minimum Gasteiger partial charge on any atom is -0.470 e. The highest BCUT2D eigenvalue weighted by Crippen LogP contribution is 2.18. The molecule has 1 N–H and O–H groups in total. The predicted octanol–water partition coefficient (Wildman–Crippen LogP) is 0.811. The molecule has 3 aliphatic rings.